The van der Waals surface area contributed by atoms with Crippen molar-refractivity contribution < 1.29 is 4.39 Å². The molecule has 0 bridgehead atoms. The maximum Gasteiger partial charge on any atom is 0.139 e. The van der Waals surface area contributed by atoms with Gasteiger partial charge in [0, 0.05) is 9.50 Å². The maximum absolute atomic E-state index is 12.9. The number of benzene rings is 1. The van der Waals surface area contributed by atoms with Crippen molar-refractivity contribution in [3.8, 4) is 0 Å². The van der Waals surface area contributed by atoms with Crippen molar-refractivity contribution in [2.45, 2.75) is 6.92 Å². The zero-order valence-electron chi connectivity index (χ0n) is 5.59. The van der Waals surface area contributed by atoms with Crippen LogP contribution < -0.4 is 0 Å². The molecule has 0 atom stereocenters. The molecule has 4 heteroatoms. The summed E-state index contributed by atoms with van der Waals surface area (Å²) in [6.45, 7) is 1.84. The predicted octanol–water partition coefficient (Wildman–Crippen LogP) is 4.15. The largest absolute Gasteiger partial charge is 0.206 e. The van der Waals surface area contributed by atoms with Crippen molar-refractivity contribution in [3.63, 3.8) is 0 Å². The third kappa shape index (κ3) is 1.87. The first-order valence-corrected chi connectivity index (χ1v) is 5.08. The van der Waals surface area contributed by atoms with Crippen molar-refractivity contribution in [1.29, 1.82) is 0 Å². The average molecular weight is 349 g/mol. The molecule has 0 radical (unpaired) electrons. The molecule has 0 heterocycles. The third-order valence-corrected chi connectivity index (χ3v) is 4.52. The second-order valence-electron chi connectivity index (χ2n) is 2.09. The van der Waals surface area contributed by atoms with Crippen LogP contribution in [0.2, 0.25) is 5.02 Å². The molecule has 1 aromatic rings. The highest BCUT2D eigenvalue weighted by molar-refractivity contribution is 14.1. The van der Waals surface area contributed by atoms with Crippen LogP contribution in [0.4, 0.5) is 4.39 Å². The van der Waals surface area contributed by atoms with Gasteiger partial charge in [-0.15, -0.1) is 0 Å². The molecule has 0 fully saturated rings. The SMILES string of the molecule is Cc1c(Cl)cc(F)c(I)c1Br. The van der Waals surface area contributed by atoms with Gasteiger partial charge in [-0.05, 0) is 57.1 Å². The van der Waals surface area contributed by atoms with Gasteiger partial charge >= 0.3 is 0 Å². The van der Waals surface area contributed by atoms with Crippen LogP contribution in [0.5, 0.6) is 0 Å². The quantitative estimate of drug-likeness (QED) is 0.375. The van der Waals surface area contributed by atoms with E-state index >= 15 is 0 Å². The Labute approximate surface area is 91.4 Å². The molecule has 0 nitrogen and oxygen atoms in total. The molecular formula is C7H4BrClFI. The predicted molar refractivity (Wildman–Crippen MR) is 56.6 cm³/mol. The summed E-state index contributed by atoms with van der Waals surface area (Å²) >= 11 is 10.9. The Morgan fingerprint density at radius 1 is 1.64 bits per heavy atom. The highest BCUT2D eigenvalue weighted by atomic mass is 127. The topological polar surface area (TPSA) is 0 Å². The number of hydrogen-bond acceptors (Lipinski definition) is 0. The second-order valence-corrected chi connectivity index (χ2v) is 4.37. The molecule has 60 valence electrons. The van der Waals surface area contributed by atoms with Crippen molar-refractivity contribution in [2.24, 2.45) is 0 Å². The first kappa shape index (κ1) is 9.74. The summed E-state index contributed by atoms with van der Waals surface area (Å²) in [6, 6.07) is 1.32. The molecular weight excluding hydrogens is 345 g/mol. The van der Waals surface area contributed by atoms with E-state index in [0.29, 0.717) is 8.59 Å². The monoisotopic (exact) mass is 348 g/mol. The molecule has 0 spiro atoms. The molecule has 0 amide bonds. The van der Waals surface area contributed by atoms with Crippen molar-refractivity contribution in [2.75, 3.05) is 0 Å². The first-order valence-electron chi connectivity index (χ1n) is 2.83. The minimum Gasteiger partial charge on any atom is -0.206 e. The van der Waals surface area contributed by atoms with E-state index in [1.165, 1.54) is 6.07 Å². The van der Waals surface area contributed by atoms with Gasteiger partial charge in [0.2, 0.25) is 0 Å². The lowest BCUT2D eigenvalue weighted by Crippen LogP contribution is -1.88. The van der Waals surface area contributed by atoms with Crippen LogP contribution in [0.15, 0.2) is 10.5 Å². The summed E-state index contributed by atoms with van der Waals surface area (Å²) < 4.78 is 14.2. The summed E-state index contributed by atoms with van der Waals surface area (Å²) in [7, 11) is 0. The Kier molecular flexibility index (Phi) is 3.17. The molecule has 1 rings (SSSR count). The van der Waals surface area contributed by atoms with Gasteiger partial charge in [0.05, 0.1) is 3.57 Å². The molecule has 0 N–H and O–H groups in total. The average Bonchev–Trinajstić information content (AvgIpc) is 1.97. The lowest BCUT2D eigenvalue weighted by molar-refractivity contribution is 0.618. The Hall–Kier alpha value is 0.650. The Morgan fingerprint density at radius 3 is 2.73 bits per heavy atom. The van der Waals surface area contributed by atoms with Crippen LogP contribution in [0.25, 0.3) is 0 Å². The van der Waals surface area contributed by atoms with Crippen molar-refractivity contribution in [3.05, 3.63) is 30.5 Å². The van der Waals surface area contributed by atoms with Crippen molar-refractivity contribution >= 4 is 50.1 Å². The van der Waals surface area contributed by atoms with Gasteiger partial charge < -0.3 is 0 Å². The normalized spacial score (nSPS) is 10.3. The van der Waals surface area contributed by atoms with Crippen LogP contribution in [0.3, 0.4) is 0 Å². The fourth-order valence-electron chi connectivity index (χ4n) is 0.657. The summed E-state index contributed by atoms with van der Waals surface area (Å²) in [4.78, 5) is 0. The van der Waals surface area contributed by atoms with E-state index in [9.17, 15) is 4.39 Å². The summed E-state index contributed by atoms with van der Waals surface area (Å²) in [5.41, 5.74) is 0.873. The maximum atomic E-state index is 12.9. The van der Waals surface area contributed by atoms with Gasteiger partial charge in [-0.25, -0.2) is 4.39 Å². The Bertz CT molecular complexity index is 275. The summed E-state index contributed by atoms with van der Waals surface area (Å²) in [6.07, 6.45) is 0. The lowest BCUT2D eigenvalue weighted by atomic mass is 10.2. The van der Waals surface area contributed by atoms with E-state index in [4.69, 9.17) is 11.6 Å². The second kappa shape index (κ2) is 3.58. The summed E-state index contributed by atoms with van der Waals surface area (Å²) in [5, 5.41) is 0.454. The smallest absolute Gasteiger partial charge is 0.139 e. The van der Waals surface area contributed by atoms with Gasteiger partial charge in [-0.3, -0.25) is 0 Å². The van der Waals surface area contributed by atoms with Gasteiger partial charge in [0.25, 0.3) is 0 Å². The Balaban J connectivity index is 3.46. The Morgan fingerprint density at radius 2 is 2.18 bits per heavy atom. The molecule has 0 saturated heterocycles. The van der Waals surface area contributed by atoms with Gasteiger partial charge in [0.15, 0.2) is 0 Å². The number of hydrogen-bond donors (Lipinski definition) is 0. The standard InChI is InChI=1S/C7H4BrClFI/c1-3-4(9)2-5(10)7(11)6(3)8/h2H,1H3. The minimum absolute atomic E-state index is 0.284. The number of halogens is 4. The highest BCUT2D eigenvalue weighted by Gasteiger charge is 2.09. The molecule has 0 unspecified atom stereocenters. The van der Waals surface area contributed by atoms with Crippen LogP contribution in [-0.2, 0) is 0 Å². The minimum atomic E-state index is -0.284. The fraction of sp³-hybridized carbons (Fsp3) is 0.143. The highest BCUT2D eigenvalue weighted by Crippen LogP contribution is 2.30. The van der Waals surface area contributed by atoms with Gasteiger partial charge in [0.1, 0.15) is 5.82 Å². The van der Waals surface area contributed by atoms with Crippen LogP contribution in [0.1, 0.15) is 5.56 Å². The fourth-order valence-corrected chi connectivity index (χ4v) is 1.92. The van der Waals surface area contributed by atoms with Crippen molar-refractivity contribution in [1.82, 2.24) is 0 Å². The molecule has 0 aromatic heterocycles. The van der Waals surface area contributed by atoms with Gasteiger partial charge in [-0.1, -0.05) is 11.6 Å². The van der Waals surface area contributed by atoms with Crippen LogP contribution in [-0.4, -0.2) is 0 Å². The third-order valence-electron chi connectivity index (χ3n) is 1.34. The van der Waals surface area contributed by atoms with E-state index in [-0.39, 0.29) is 5.82 Å². The lowest BCUT2D eigenvalue weighted by Gasteiger charge is -2.03. The molecule has 0 aliphatic rings. The van der Waals surface area contributed by atoms with Crippen LogP contribution >= 0.6 is 50.1 Å². The molecule has 0 aliphatic heterocycles. The van der Waals surface area contributed by atoms with E-state index in [2.05, 4.69) is 15.9 Å². The number of rotatable bonds is 0. The van der Waals surface area contributed by atoms with Crippen LogP contribution in [0, 0.1) is 16.3 Å². The molecule has 11 heavy (non-hydrogen) atoms. The summed E-state index contributed by atoms with van der Waals surface area (Å²) in [5.74, 6) is -0.284. The molecule has 0 aliphatic carbocycles. The first-order chi connectivity index (χ1) is 5.04. The van der Waals surface area contributed by atoms with E-state index in [1.807, 2.05) is 29.5 Å². The van der Waals surface area contributed by atoms with Gasteiger partial charge in [-0.2, -0.15) is 0 Å². The zero-order chi connectivity index (χ0) is 8.59. The molecule has 0 saturated carbocycles. The van der Waals surface area contributed by atoms with E-state index < -0.39 is 0 Å². The zero-order valence-corrected chi connectivity index (χ0v) is 10.1. The van der Waals surface area contributed by atoms with E-state index in [1.54, 1.807) is 0 Å². The van der Waals surface area contributed by atoms with E-state index in [0.717, 1.165) is 10.0 Å². The molecule has 1 aromatic carbocycles.